The molecule has 1 N–H and O–H groups in total. The Labute approximate surface area is 188 Å². The molecule has 1 amide bonds. The smallest absolute Gasteiger partial charge is 0.256 e. The third-order valence-electron chi connectivity index (χ3n) is 6.80. The fourth-order valence-corrected chi connectivity index (χ4v) is 5.16. The van der Waals surface area contributed by atoms with Gasteiger partial charge >= 0.3 is 0 Å². The molecule has 0 saturated carbocycles. The Morgan fingerprint density at radius 1 is 0.935 bits per heavy atom. The third-order valence-corrected chi connectivity index (χ3v) is 7.06. The molecule has 160 valence electrons. The minimum absolute atomic E-state index is 0.0746. The summed E-state index contributed by atoms with van der Waals surface area (Å²) in [6.45, 7) is 3.38. The molecule has 2 heterocycles. The van der Waals surface area contributed by atoms with E-state index < -0.39 is 6.23 Å². The van der Waals surface area contributed by atoms with Crippen LogP contribution in [-0.4, -0.2) is 47.0 Å². The summed E-state index contributed by atoms with van der Waals surface area (Å²) < 4.78 is 0. The maximum atomic E-state index is 13.1. The topological polar surface area (TPSA) is 43.8 Å². The van der Waals surface area contributed by atoms with Gasteiger partial charge in [-0.05, 0) is 67.4 Å². The van der Waals surface area contributed by atoms with Crippen LogP contribution in [0.1, 0.15) is 40.6 Å². The number of likely N-dealkylation sites (tertiary alicyclic amines) is 1. The van der Waals surface area contributed by atoms with E-state index in [1.165, 1.54) is 5.56 Å². The summed E-state index contributed by atoms with van der Waals surface area (Å²) in [5, 5.41) is 13.6. The lowest BCUT2D eigenvalue weighted by atomic mass is 9.90. The Morgan fingerprint density at radius 3 is 2.39 bits per heavy atom. The second-order valence-corrected chi connectivity index (χ2v) is 9.18. The van der Waals surface area contributed by atoms with Crippen molar-refractivity contribution in [2.45, 2.75) is 25.5 Å². The van der Waals surface area contributed by atoms with E-state index in [2.05, 4.69) is 17.0 Å². The van der Waals surface area contributed by atoms with E-state index >= 15 is 0 Å². The standard InChI is InChI=1S/C26H27ClN2O2/c27-21-9-7-18(8-10-21)17-19-11-13-28(14-12-19)15-16-29-25(30)22-5-1-3-20-4-2-6-23(24(20)22)26(29)31/h1-10,19,25,30H,11-17H2. The van der Waals surface area contributed by atoms with Crippen LogP contribution in [-0.2, 0) is 6.42 Å². The summed E-state index contributed by atoms with van der Waals surface area (Å²) in [5.74, 6) is 0.610. The minimum Gasteiger partial charge on any atom is -0.369 e. The number of halogens is 1. The number of aliphatic hydroxyl groups is 1. The number of piperidine rings is 1. The van der Waals surface area contributed by atoms with Crippen LogP contribution in [0.2, 0.25) is 5.02 Å². The van der Waals surface area contributed by atoms with Crippen LogP contribution in [0.5, 0.6) is 0 Å². The Bertz CT molecular complexity index is 1090. The molecule has 5 rings (SSSR count). The molecule has 0 spiro atoms. The molecule has 2 aliphatic heterocycles. The summed E-state index contributed by atoms with van der Waals surface area (Å²) in [4.78, 5) is 17.1. The highest BCUT2D eigenvalue weighted by atomic mass is 35.5. The minimum atomic E-state index is -0.881. The van der Waals surface area contributed by atoms with Crippen molar-refractivity contribution in [3.05, 3.63) is 82.4 Å². The Morgan fingerprint density at radius 2 is 1.65 bits per heavy atom. The highest BCUT2D eigenvalue weighted by Gasteiger charge is 2.33. The molecule has 0 aliphatic carbocycles. The van der Waals surface area contributed by atoms with Crippen LogP contribution in [0.15, 0.2) is 60.7 Å². The molecule has 5 heteroatoms. The average molecular weight is 435 g/mol. The number of carbonyl (C=O) groups is 1. The lowest BCUT2D eigenvalue weighted by molar-refractivity contribution is -0.000178. The van der Waals surface area contributed by atoms with Crippen molar-refractivity contribution < 1.29 is 9.90 Å². The van der Waals surface area contributed by atoms with Gasteiger partial charge in [-0.3, -0.25) is 4.79 Å². The van der Waals surface area contributed by atoms with Gasteiger partial charge in [-0.1, -0.05) is 54.1 Å². The molecule has 31 heavy (non-hydrogen) atoms. The fraction of sp³-hybridized carbons (Fsp3) is 0.346. The van der Waals surface area contributed by atoms with Crippen LogP contribution in [0.25, 0.3) is 10.8 Å². The van der Waals surface area contributed by atoms with Gasteiger partial charge in [-0.25, -0.2) is 0 Å². The van der Waals surface area contributed by atoms with E-state index in [0.717, 1.165) is 60.3 Å². The molecule has 3 aromatic carbocycles. The molecule has 1 saturated heterocycles. The number of aliphatic hydroxyl groups excluding tert-OH is 1. The quantitative estimate of drug-likeness (QED) is 0.621. The molecule has 0 bridgehead atoms. The van der Waals surface area contributed by atoms with E-state index in [1.807, 2.05) is 48.5 Å². The van der Waals surface area contributed by atoms with Crippen molar-refractivity contribution in [1.82, 2.24) is 9.80 Å². The highest BCUT2D eigenvalue weighted by Crippen LogP contribution is 2.35. The van der Waals surface area contributed by atoms with E-state index in [0.29, 0.717) is 18.0 Å². The SMILES string of the molecule is O=C1c2cccc3cccc(c23)C(O)N1CCN1CCC(Cc2ccc(Cl)cc2)CC1. The Hall–Kier alpha value is -2.40. The zero-order valence-electron chi connectivity index (χ0n) is 17.5. The van der Waals surface area contributed by atoms with Crippen LogP contribution in [0.4, 0.5) is 0 Å². The first-order chi connectivity index (χ1) is 15.1. The van der Waals surface area contributed by atoms with Gasteiger partial charge in [0.1, 0.15) is 0 Å². The molecule has 1 atom stereocenters. The number of nitrogens with zero attached hydrogens (tertiary/aromatic N) is 2. The Balaban J connectivity index is 1.19. The van der Waals surface area contributed by atoms with Crippen LogP contribution in [0, 0.1) is 5.92 Å². The molecule has 1 fully saturated rings. The van der Waals surface area contributed by atoms with Crippen LogP contribution >= 0.6 is 11.6 Å². The van der Waals surface area contributed by atoms with Gasteiger partial charge in [0.25, 0.3) is 5.91 Å². The Kier molecular flexibility index (Phi) is 5.70. The fourth-order valence-electron chi connectivity index (χ4n) is 5.04. The third kappa shape index (κ3) is 4.08. The molecule has 3 aromatic rings. The molecular formula is C26H27ClN2O2. The van der Waals surface area contributed by atoms with Crippen molar-refractivity contribution in [3.63, 3.8) is 0 Å². The molecule has 0 radical (unpaired) electrons. The summed E-state index contributed by atoms with van der Waals surface area (Å²) >= 11 is 5.99. The van der Waals surface area contributed by atoms with Crippen LogP contribution in [0.3, 0.4) is 0 Å². The molecule has 2 aliphatic rings. The number of amides is 1. The molecule has 0 aromatic heterocycles. The van der Waals surface area contributed by atoms with E-state index in [1.54, 1.807) is 4.90 Å². The highest BCUT2D eigenvalue weighted by molar-refractivity contribution is 6.30. The van der Waals surface area contributed by atoms with Crippen molar-refractivity contribution in [2.24, 2.45) is 5.92 Å². The first-order valence-electron chi connectivity index (χ1n) is 11.1. The average Bonchev–Trinajstić information content (AvgIpc) is 2.80. The number of benzene rings is 3. The largest absolute Gasteiger partial charge is 0.369 e. The van der Waals surface area contributed by atoms with Crippen LogP contribution < -0.4 is 0 Å². The second kappa shape index (κ2) is 8.62. The van der Waals surface area contributed by atoms with Crippen molar-refractivity contribution in [3.8, 4) is 0 Å². The predicted octanol–water partition coefficient (Wildman–Crippen LogP) is 4.89. The van der Waals surface area contributed by atoms with Gasteiger partial charge in [0, 0.05) is 34.6 Å². The van der Waals surface area contributed by atoms with Crippen molar-refractivity contribution in [2.75, 3.05) is 26.2 Å². The van der Waals surface area contributed by atoms with E-state index in [9.17, 15) is 9.90 Å². The summed E-state index contributed by atoms with van der Waals surface area (Å²) in [5.41, 5.74) is 2.87. The predicted molar refractivity (Wildman–Crippen MR) is 124 cm³/mol. The number of hydrogen-bond donors (Lipinski definition) is 1. The molecule has 1 unspecified atom stereocenters. The zero-order chi connectivity index (χ0) is 21.4. The van der Waals surface area contributed by atoms with Gasteiger partial charge in [-0.15, -0.1) is 0 Å². The van der Waals surface area contributed by atoms with Gasteiger partial charge in [0.2, 0.25) is 0 Å². The maximum Gasteiger partial charge on any atom is 0.256 e. The first-order valence-corrected chi connectivity index (χ1v) is 11.5. The number of carbonyl (C=O) groups excluding carboxylic acids is 1. The first kappa shape index (κ1) is 20.5. The molecular weight excluding hydrogens is 408 g/mol. The van der Waals surface area contributed by atoms with Gasteiger partial charge in [0.05, 0.1) is 0 Å². The second-order valence-electron chi connectivity index (χ2n) is 8.74. The van der Waals surface area contributed by atoms with Crippen molar-refractivity contribution in [1.29, 1.82) is 0 Å². The summed E-state index contributed by atoms with van der Waals surface area (Å²) in [7, 11) is 0. The van der Waals surface area contributed by atoms with E-state index in [-0.39, 0.29) is 5.91 Å². The van der Waals surface area contributed by atoms with Gasteiger partial charge in [0.15, 0.2) is 6.23 Å². The van der Waals surface area contributed by atoms with Crippen molar-refractivity contribution >= 4 is 28.3 Å². The van der Waals surface area contributed by atoms with Gasteiger partial charge in [-0.2, -0.15) is 0 Å². The van der Waals surface area contributed by atoms with E-state index in [4.69, 9.17) is 11.6 Å². The maximum absolute atomic E-state index is 13.1. The van der Waals surface area contributed by atoms with Gasteiger partial charge < -0.3 is 14.9 Å². The lowest BCUT2D eigenvalue weighted by Crippen LogP contribution is -2.44. The summed E-state index contributed by atoms with van der Waals surface area (Å²) in [6.07, 6.45) is 2.52. The normalized spacial score (nSPS) is 19.9. The molecule has 4 nitrogen and oxygen atoms in total. The monoisotopic (exact) mass is 434 g/mol. The lowest BCUT2D eigenvalue weighted by Gasteiger charge is -2.37. The number of rotatable bonds is 5. The zero-order valence-corrected chi connectivity index (χ0v) is 18.3. The number of hydrogen-bond acceptors (Lipinski definition) is 3. The summed E-state index contributed by atoms with van der Waals surface area (Å²) in [6, 6.07) is 19.8.